The Labute approximate surface area is 122 Å². The number of nitrogens with zero attached hydrogens (tertiary/aromatic N) is 1. The zero-order valence-electron chi connectivity index (χ0n) is 9.95. The Morgan fingerprint density at radius 2 is 2.11 bits per heavy atom. The van der Waals surface area contributed by atoms with Gasteiger partial charge in [0.05, 0.1) is 6.42 Å². The highest BCUT2D eigenvalue weighted by molar-refractivity contribution is 9.10. The average molecular weight is 350 g/mol. The first-order valence-electron chi connectivity index (χ1n) is 5.23. The number of halogens is 1. The van der Waals surface area contributed by atoms with E-state index in [0.717, 1.165) is 6.08 Å². The van der Waals surface area contributed by atoms with Gasteiger partial charge in [0.15, 0.2) is 0 Å². The van der Waals surface area contributed by atoms with Crippen LogP contribution in [-0.4, -0.2) is 43.2 Å². The van der Waals surface area contributed by atoms with E-state index in [9.17, 15) is 14.4 Å². The highest BCUT2D eigenvalue weighted by Gasteiger charge is 2.44. The summed E-state index contributed by atoms with van der Waals surface area (Å²) >= 11 is 4.38. The van der Waals surface area contributed by atoms with Crippen LogP contribution < -0.4 is 0 Å². The summed E-state index contributed by atoms with van der Waals surface area (Å²) in [6, 6.07) is 0. The van der Waals surface area contributed by atoms with Gasteiger partial charge in [-0.2, -0.15) is 0 Å². The van der Waals surface area contributed by atoms with Gasteiger partial charge in [0.25, 0.3) is 0 Å². The van der Waals surface area contributed by atoms with Crippen LogP contribution in [0, 0.1) is 0 Å². The first-order valence-corrected chi connectivity index (χ1v) is 7.09. The predicted molar refractivity (Wildman–Crippen MR) is 73.7 cm³/mol. The number of alkyl halides is 1. The summed E-state index contributed by atoms with van der Waals surface area (Å²) in [5, 5.41) is 18.2. The number of aliphatic carboxylic acids is 2. The zero-order valence-corrected chi connectivity index (χ0v) is 12.3. The Morgan fingerprint density at radius 3 is 2.63 bits per heavy atom. The maximum absolute atomic E-state index is 11.6. The lowest BCUT2D eigenvalue weighted by molar-refractivity contribution is -0.137. The van der Waals surface area contributed by atoms with Gasteiger partial charge in [0, 0.05) is 12.3 Å². The monoisotopic (exact) mass is 349 g/mol. The van der Waals surface area contributed by atoms with Crippen molar-refractivity contribution in [1.82, 2.24) is 4.90 Å². The van der Waals surface area contributed by atoms with Gasteiger partial charge < -0.3 is 15.1 Å². The smallest absolute Gasteiger partial charge is 0.328 e. The molecule has 0 bridgehead atoms. The molecule has 1 amide bonds. The van der Waals surface area contributed by atoms with Crippen molar-refractivity contribution in [2.75, 3.05) is 0 Å². The molecule has 8 heteroatoms. The maximum Gasteiger partial charge on any atom is 0.328 e. The number of carboxylic acid groups (broad SMARTS) is 2. The van der Waals surface area contributed by atoms with Gasteiger partial charge in [-0.15, -0.1) is 11.8 Å². The van der Waals surface area contributed by atoms with Crippen molar-refractivity contribution in [3.8, 4) is 0 Å². The molecule has 0 saturated carbocycles. The van der Waals surface area contributed by atoms with Crippen LogP contribution >= 0.6 is 27.7 Å². The van der Waals surface area contributed by atoms with Gasteiger partial charge in [-0.25, -0.2) is 4.79 Å². The molecule has 1 rings (SSSR count). The van der Waals surface area contributed by atoms with E-state index in [0.29, 0.717) is 5.57 Å². The topological polar surface area (TPSA) is 94.9 Å². The quantitative estimate of drug-likeness (QED) is 0.430. The van der Waals surface area contributed by atoms with Crippen LogP contribution in [0.15, 0.2) is 23.3 Å². The van der Waals surface area contributed by atoms with Crippen molar-refractivity contribution in [2.45, 2.75) is 23.5 Å². The van der Waals surface area contributed by atoms with Gasteiger partial charge in [-0.05, 0) is 17.9 Å². The van der Waals surface area contributed by atoms with Crippen LogP contribution in [0.2, 0.25) is 0 Å². The lowest BCUT2D eigenvalue weighted by Gasteiger charge is -2.41. The van der Waals surface area contributed by atoms with E-state index >= 15 is 0 Å². The SMILES string of the molecule is CC(=CN1C(=O)C(Br)C1SC=CC(=O)O)CC(=O)O. The molecule has 0 spiro atoms. The molecule has 2 N–H and O–H groups in total. The third kappa shape index (κ3) is 4.39. The van der Waals surface area contributed by atoms with Gasteiger partial charge in [0.2, 0.25) is 5.91 Å². The fourth-order valence-corrected chi connectivity index (χ4v) is 3.19. The molecule has 1 aliphatic rings. The molecule has 0 aromatic heterocycles. The summed E-state index contributed by atoms with van der Waals surface area (Å²) in [7, 11) is 0. The van der Waals surface area contributed by atoms with Crippen LogP contribution in [0.4, 0.5) is 0 Å². The standard InChI is InChI=1S/C11H12BrNO5S/c1-6(4-8(16)17)5-13-10(18)9(12)11(13)19-3-2-7(14)15/h2-3,5,9,11H,4H2,1H3,(H,14,15)(H,16,17). The largest absolute Gasteiger partial charge is 0.481 e. The summed E-state index contributed by atoms with van der Waals surface area (Å²) < 4.78 is 0. The third-order valence-electron chi connectivity index (χ3n) is 2.23. The third-order valence-corrected chi connectivity index (χ3v) is 4.55. The lowest BCUT2D eigenvalue weighted by Crippen LogP contribution is -2.57. The van der Waals surface area contributed by atoms with Crippen molar-refractivity contribution in [3.63, 3.8) is 0 Å². The van der Waals surface area contributed by atoms with Crippen LogP contribution in [0.3, 0.4) is 0 Å². The number of β-lactam (4-membered cyclic amide) rings is 1. The minimum atomic E-state index is -1.06. The molecule has 6 nitrogen and oxygen atoms in total. The van der Waals surface area contributed by atoms with E-state index in [1.165, 1.54) is 28.3 Å². The molecule has 1 fully saturated rings. The molecule has 1 heterocycles. The first kappa shape index (κ1) is 15.8. The second kappa shape index (κ2) is 6.76. The van der Waals surface area contributed by atoms with Gasteiger partial charge in [0.1, 0.15) is 10.2 Å². The Kier molecular flexibility index (Phi) is 5.61. The zero-order chi connectivity index (χ0) is 14.6. The van der Waals surface area contributed by atoms with Gasteiger partial charge in [-0.3, -0.25) is 9.59 Å². The first-order chi connectivity index (χ1) is 8.82. The van der Waals surface area contributed by atoms with Crippen LogP contribution in [0.25, 0.3) is 0 Å². The number of hydrogen-bond acceptors (Lipinski definition) is 4. The molecule has 19 heavy (non-hydrogen) atoms. The van der Waals surface area contributed by atoms with E-state index in [4.69, 9.17) is 10.2 Å². The number of amides is 1. The lowest BCUT2D eigenvalue weighted by atomic mass is 10.1. The van der Waals surface area contributed by atoms with E-state index in [1.54, 1.807) is 6.92 Å². The highest BCUT2D eigenvalue weighted by Crippen LogP contribution is 2.36. The molecule has 1 saturated heterocycles. The number of likely N-dealkylation sites (tertiary alicyclic amines) is 1. The van der Waals surface area contributed by atoms with Crippen molar-refractivity contribution < 1.29 is 24.6 Å². The van der Waals surface area contributed by atoms with Gasteiger partial charge in [-0.1, -0.05) is 15.9 Å². The number of carbonyl (C=O) groups excluding carboxylic acids is 1. The second-order valence-corrected chi connectivity index (χ2v) is 5.87. The van der Waals surface area contributed by atoms with Crippen molar-refractivity contribution in [1.29, 1.82) is 0 Å². The minimum Gasteiger partial charge on any atom is -0.481 e. The van der Waals surface area contributed by atoms with Crippen LogP contribution in [-0.2, 0) is 14.4 Å². The summed E-state index contributed by atoms with van der Waals surface area (Å²) in [5.41, 5.74) is 0.549. The maximum atomic E-state index is 11.6. The van der Waals surface area contributed by atoms with E-state index in [1.807, 2.05) is 0 Å². The summed E-state index contributed by atoms with van der Waals surface area (Å²) in [6.45, 7) is 1.62. The highest BCUT2D eigenvalue weighted by atomic mass is 79.9. The second-order valence-electron chi connectivity index (χ2n) is 3.86. The minimum absolute atomic E-state index is 0.140. The van der Waals surface area contributed by atoms with E-state index < -0.39 is 16.8 Å². The Bertz CT molecular complexity index is 462. The molecular formula is C11H12BrNO5S. The van der Waals surface area contributed by atoms with Crippen molar-refractivity contribution >= 4 is 45.5 Å². The summed E-state index contributed by atoms with van der Waals surface area (Å²) in [6.07, 6.45) is 2.33. The molecule has 2 atom stereocenters. The molecule has 1 aliphatic heterocycles. The fraction of sp³-hybridized carbons (Fsp3) is 0.364. The molecular weight excluding hydrogens is 338 g/mol. The normalized spacial score (nSPS) is 23.6. The van der Waals surface area contributed by atoms with E-state index in [-0.39, 0.29) is 17.7 Å². The number of thioether (sulfide) groups is 1. The summed E-state index contributed by atoms with van der Waals surface area (Å²) in [4.78, 5) is 33.5. The van der Waals surface area contributed by atoms with Crippen LogP contribution in [0.5, 0.6) is 0 Å². The average Bonchev–Trinajstić information content (AvgIpc) is 2.30. The van der Waals surface area contributed by atoms with E-state index in [2.05, 4.69) is 15.9 Å². The van der Waals surface area contributed by atoms with Crippen molar-refractivity contribution in [2.24, 2.45) is 0 Å². The Morgan fingerprint density at radius 1 is 1.47 bits per heavy atom. The number of carboxylic acids is 2. The molecule has 0 aromatic carbocycles. The Balaban J connectivity index is 2.67. The molecule has 0 radical (unpaired) electrons. The Hall–Kier alpha value is -1.28. The molecule has 0 aromatic rings. The number of carbonyl (C=O) groups is 3. The number of rotatable bonds is 6. The number of hydrogen-bond donors (Lipinski definition) is 2. The predicted octanol–water partition coefficient (Wildman–Crippen LogP) is 1.63. The van der Waals surface area contributed by atoms with Crippen molar-refractivity contribution in [3.05, 3.63) is 23.3 Å². The fourth-order valence-electron chi connectivity index (χ4n) is 1.42. The molecule has 0 aliphatic carbocycles. The van der Waals surface area contributed by atoms with Gasteiger partial charge >= 0.3 is 11.9 Å². The summed E-state index contributed by atoms with van der Waals surface area (Å²) in [5.74, 6) is -2.20. The van der Waals surface area contributed by atoms with Crippen LogP contribution in [0.1, 0.15) is 13.3 Å². The molecule has 104 valence electrons. The molecule has 2 unspecified atom stereocenters.